The number of sulfonamides is 1. The number of carbonyl (C=O) groups excluding carboxylic acids is 1. The summed E-state index contributed by atoms with van der Waals surface area (Å²) in [5.74, 6) is -0.233. The van der Waals surface area contributed by atoms with Crippen LogP contribution < -0.4 is 4.90 Å². The van der Waals surface area contributed by atoms with Crippen LogP contribution in [0.2, 0.25) is 5.02 Å². The van der Waals surface area contributed by atoms with Crippen molar-refractivity contribution in [1.82, 2.24) is 4.31 Å². The van der Waals surface area contributed by atoms with Crippen LogP contribution in [0.25, 0.3) is 0 Å². The summed E-state index contributed by atoms with van der Waals surface area (Å²) in [4.78, 5) is 14.7. The molecular weight excluding hydrogens is 452 g/mol. The Balaban J connectivity index is 1.82. The van der Waals surface area contributed by atoms with Gasteiger partial charge in [0.15, 0.2) is 0 Å². The maximum Gasteiger partial charge on any atom is 0.242 e. The molecular formula is C19H20BrClN2O3S. The Labute approximate surface area is 173 Å². The largest absolute Gasteiger partial charge is 0.308 e. The molecule has 3 rings (SSSR count). The van der Waals surface area contributed by atoms with Gasteiger partial charge in [0.2, 0.25) is 15.9 Å². The first-order valence-corrected chi connectivity index (χ1v) is 11.5. The van der Waals surface area contributed by atoms with Crippen molar-refractivity contribution >= 4 is 49.1 Å². The Kier molecular flexibility index (Phi) is 5.96. The molecule has 1 heterocycles. The van der Waals surface area contributed by atoms with Crippen LogP contribution in [0.15, 0.2) is 46.9 Å². The van der Waals surface area contributed by atoms with E-state index in [2.05, 4.69) is 15.9 Å². The van der Waals surface area contributed by atoms with Crippen molar-refractivity contribution in [3.63, 3.8) is 0 Å². The number of fused-ring (bicyclic) bond motifs is 1. The summed E-state index contributed by atoms with van der Waals surface area (Å²) in [7, 11) is -3.55. The molecule has 1 aliphatic heterocycles. The first-order valence-electron chi connectivity index (χ1n) is 8.45. The van der Waals surface area contributed by atoms with E-state index in [1.165, 1.54) is 4.31 Å². The van der Waals surface area contributed by atoms with Gasteiger partial charge in [0.25, 0.3) is 0 Å². The highest BCUT2D eigenvalue weighted by molar-refractivity contribution is 9.10. The Morgan fingerprint density at radius 1 is 1.26 bits per heavy atom. The first kappa shape index (κ1) is 20.3. The second-order valence-corrected chi connectivity index (χ2v) is 10.1. The molecule has 0 saturated heterocycles. The molecule has 27 heavy (non-hydrogen) atoms. The van der Waals surface area contributed by atoms with Crippen LogP contribution in [-0.4, -0.2) is 37.5 Å². The summed E-state index contributed by atoms with van der Waals surface area (Å²) in [6.07, 6.45) is 1.87. The molecule has 8 heteroatoms. The molecule has 0 spiro atoms. The number of anilines is 1. The number of benzene rings is 2. The monoisotopic (exact) mass is 470 g/mol. The number of rotatable bonds is 5. The van der Waals surface area contributed by atoms with Crippen LogP contribution in [0.3, 0.4) is 0 Å². The van der Waals surface area contributed by atoms with Gasteiger partial charge in [-0.3, -0.25) is 4.79 Å². The zero-order chi connectivity index (χ0) is 19.8. The van der Waals surface area contributed by atoms with E-state index in [-0.39, 0.29) is 25.0 Å². The molecule has 0 aliphatic carbocycles. The van der Waals surface area contributed by atoms with Gasteiger partial charge in [0.1, 0.15) is 0 Å². The fraction of sp³-hybridized carbons (Fsp3) is 0.316. The molecule has 2 aromatic rings. The van der Waals surface area contributed by atoms with Crippen LogP contribution in [0.1, 0.15) is 18.1 Å². The summed E-state index contributed by atoms with van der Waals surface area (Å²) in [6.45, 7) is 1.88. The van der Waals surface area contributed by atoms with Crippen molar-refractivity contribution in [2.75, 3.05) is 17.7 Å². The predicted molar refractivity (Wildman–Crippen MR) is 111 cm³/mol. The average Bonchev–Trinajstić information content (AvgIpc) is 2.90. The van der Waals surface area contributed by atoms with E-state index < -0.39 is 10.0 Å². The maximum atomic E-state index is 13.0. The molecule has 0 unspecified atom stereocenters. The molecule has 0 aromatic heterocycles. The number of nitrogens with zero attached hydrogens (tertiary/aromatic N) is 2. The average molecular weight is 472 g/mol. The van der Waals surface area contributed by atoms with Gasteiger partial charge in [-0.1, -0.05) is 39.7 Å². The number of carbonyl (C=O) groups is 1. The Hall–Kier alpha value is -1.41. The Morgan fingerprint density at radius 3 is 2.56 bits per heavy atom. The summed E-state index contributed by atoms with van der Waals surface area (Å²) in [6, 6.07) is 12.7. The van der Waals surface area contributed by atoms with Crippen LogP contribution in [0.5, 0.6) is 0 Å². The third kappa shape index (κ3) is 4.71. The molecule has 0 fully saturated rings. The lowest BCUT2D eigenvalue weighted by Crippen LogP contribution is -2.44. The van der Waals surface area contributed by atoms with Gasteiger partial charge >= 0.3 is 0 Å². The van der Waals surface area contributed by atoms with E-state index in [1.54, 1.807) is 29.2 Å². The molecule has 2 aromatic carbocycles. The molecule has 5 nitrogen and oxygen atoms in total. The molecule has 1 atom stereocenters. The maximum absolute atomic E-state index is 13.0. The van der Waals surface area contributed by atoms with Gasteiger partial charge in [0, 0.05) is 27.8 Å². The van der Waals surface area contributed by atoms with Crippen molar-refractivity contribution in [1.29, 1.82) is 0 Å². The van der Waals surface area contributed by atoms with E-state index in [4.69, 9.17) is 11.6 Å². The third-order valence-electron chi connectivity index (χ3n) is 4.58. The minimum absolute atomic E-state index is 0.0151. The second kappa shape index (κ2) is 7.91. The van der Waals surface area contributed by atoms with Crippen LogP contribution in [0, 0.1) is 0 Å². The van der Waals surface area contributed by atoms with Crippen molar-refractivity contribution in [3.05, 3.63) is 63.1 Å². The lowest BCUT2D eigenvalue weighted by Gasteiger charge is -2.26. The standard InChI is InChI=1S/C19H20BrClN2O3S/c1-13-9-15-10-16(20)5-8-18(15)23(13)19(24)12-22(27(2,25)26)11-14-3-6-17(21)7-4-14/h3-8,10,13H,9,11-12H2,1-2H3/t13-/m1/s1. The zero-order valence-corrected chi connectivity index (χ0v) is 18.2. The molecule has 1 aliphatic rings. The molecule has 0 N–H and O–H groups in total. The smallest absolute Gasteiger partial charge is 0.242 e. The summed E-state index contributed by atoms with van der Waals surface area (Å²) in [5, 5.41) is 0.578. The number of hydrogen-bond donors (Lipinski definition) is 0. The highest BCUT2D eigenvalue weighted by Gasteiger charge is 2.33. The van der Waals surface area contributed by atoms with Crippen LogP contribution >= 0.6 is 27.5 Å². The van der Waals surface area contributed by atoms with E-state index >= 15 is 0 Å². The number of hydrogen-bond acceptors (Lipinski definition) is 3. The fourth-order valence-corrected chi connectivity index (χ4v) is 4.55. The van der Waals surface area contributed by atoms with E-state index in [1.807, 2.05) is 25.1 Å². The molecule has 1 amide bonds. The Morgan fingerprint density at radius 2 is 1.93 bits per heavy atom. The summed E-state index contributed by atoms with van der Waals surface area (Å²) >= 11 is 9.34. The lowest BCUT2D eigenvalue weighted by molar-refractivity contribution is -0.119. The van der Waals surface area contributed by atoms with Gasteiger partial charge in [-0.25, -0.2) is 8.42 Å². The van der Waals surface area contributed by atoms with E-state index in [9.17, 15) is 13.2 Å². The zero-order valence-electron chi connectivity index (χ0n) is 15.0. The van der Waals surface area contributed by atoms with Gasteiger partial charge in [-0.15, -0.1) is 0 Å². The fourth-order valence-electron chi connectivity index (χ4n) is 3.29. The lowest BCUT2D eigenvalue weighted by atomic mass is 10.1. The normalized spacial score (nSPS) is 16.6. The first-order chi connectivity index (χ1) is 12.6. The SMILES string of the molecule is C[C@@H]1Cc2cc(Br)ccc2N1C(=O)CN(Cc1ccc(Cl)cc1)S(C)(=O)=O. The molecule has 144 valence electrons. The molecule has 0 bridgehead atoms. The predicted octanol–water partition coefficient (Wildman–Crippen LogP) is 3.84. The van der Waals surface area contributed by atoms with Crippen molar-refractivity contribution < 1.29 is 13.2 Å². The van der Waals surface area contributed by atoms with Crippen molar-refractivity contribution in [2.45, 2.75) is 25.9 Å². The topological polar surface area (TPSA) is 57.7 Å². The van der Waals surface area contributed by atoms with Gasteiger partial charge in [-0.2, -0.15) is 4.31 Å². The van der Waals surface area contributed by atoms with Gasteiger partial charge in [0.05, 0.1) is 12.8 Å². The Bertz CT molecular complexity index is 963. The second-order valence-electron chi connectivity index (χ2n) is 6.75. The number of halogens is 2. The third-order valence-corrected chi connectivity index (χ3v) is 6.52. The molecule has 0 radical (unpaired) electrons. The van der Waals surface area contributed by atoms with Crippen LogP contribution in [0.4, 0.5) is 5.69 Å². The van der Waals surface area contributed by atoms with Gasteiger partial charge < -0.3 is 4.90 Å². The highest BCUT2D eigenvalue weighted by atomic mass is 79.9. The van der Waals surface area contributed by atoms with Crippen LogP contribution in [-0.2, 0) is 27.8 Å². The summed E-state index contributed by atoms with van der Waals surface area (Å²) < 4.78 is 26.7. The van der Waals surface area contributed by atoms with E-state index in [0.29, 0.717) is 5.02 Å². The van der Waals surface area contributed by atoms with Crippen molar-refractivity contribution in [2.24, 2.45) is 0 Å². The summed E-state index contributed by atoms with van der Waals surface area (Å²) in [5.41, 5.74) is 2.70. The molecule has 0 saturated carbocycles. The minimum atomic E-state index is -3.55. The van der Waals surface area contributed by atoms with Gasteiger partial charge in [-0.05, 0) is 54.8 Å². The van der Waals surface area contributed by atoms with Crippen molar-refractivity contribution in [3.8, 4) is 0 Å². The number of amides is 1. The highest BCUT2D eigenvalue weighted by Crippen LogP contribution is 2.34. The minimum Gasteiger partial charge on any atom is -0.308 e. The quantitative estimate of drug-likeness (QED) is 0.666. The van der Waals surface area contributed by atoms with E-state index in [0.717, 1.165) is 34.0 Å².